The number of nitrogens with one attached hydrogen (secondary N) is 1. The van der Waals surface area contributed by atoms with E-state index in [1.165, 1.54) is 6.07 Å². The molecule has 0 radical (unpaired) electrons. The van der Waals surface area contributed by atoms with Gasteiger partial charge in [0.15, 0.2) is 5.76 Å². The van der Waals surface area contributed by atoms with Crippen LogP contribution in [-0.2, 0) is 15.7 Å². The van der Waals surface area contributed by atoms with Gasteiger partial charge < -0.3 is 15.0 Å². The fourth-order valence-electron chi connectivity index (χ4n) is 4.39. The maximum Gasteiger partial charge on any atom is 0.433 e. The van der Waals surface area contributed by atoms with Gasteiger partial charge in [0.2, 0.25) is 0 Å². The van der Waals surface area contributed by atoms with Crippen molar-refractivity contribution in [3.63, 3.8) is 0 Å². The van der Waals surface area contributed by atoms with E-state index >= 15 is 0 Å². The first kappa shape index (κ1) is 22.7. The van der Waals surface area contributed by atoms with Crippen LogP contribution in [0.15, 0.2) is 36.1 Å². The van der Waals surface area contributed by atoms with Crippen molar-refractivity contribution in [3.05, 3.63) is 46.8 Å². The summed E-state index contributed by atoms with van der Waals surface area (Å²) < 4.78 is 45.8. The van der Waals surface area contributed by atoms with Crippen LogP contribution in [0.25, 0.3) is 10.9 Å². The lowest BCUT2D eigenvalue weighted by molar-refractivity contribution is -0.140. The van der Waals surface area contributed by atoms with Crippen molar-refractivity contribution >= 4 is 34.1 Å². The van der Waals surface area contributed by atoms with Gasteiger partial charge in [-0.05, 0) is 68.9 Å². The predicted octanol–water partition coefficient (Wildman–Crippen LogP) is 5.46. The largest absolute Gasteiger partial charge is 0.488 e. The van der Waals surface area contributed by atoms with Crippen molar-refractivity contribution in [2.75, 3.05) is 18.6 Å². The number of allylic oxidation sites excluding steroid dienone is 1. The Labute approximate surface area is 189 Å². The van der Waals surface area contributed by atoms with E-state index in [0.717, 1.165) is 44.6 Å². The van der Waals surface area contributed by atoms with Crippen LogP contribution in [0.3, 0.4) is 0 Å². The van der Waals surface area contributed by atoms with Gasteiger partial charge in [0.05, 0.1) is 12.1 Å². The number of benzene rings is 1. The second-order valence-electron chi connectivity index (χ2n) is 8.33. The lowest BCUT2D eigenvalue weighted by Gasteiger charge is -2.37. The van der Waals surface area contributed by atoms with Gasteiger partial charge in [-0.1, -0.05) is 11.6 Å². The van der Waals surface area contributed by atoms with E-state index in [9.17, 15) is 18.0 Å². The Bertz CT molecular complexity index is 1030. The van der Waals surface area contributed by atoms with Crippen molar-refractivity contribution in [3.8, 4) is 0 Å². The van der Waals surface area contributed by atoms with E-state index in [2.05, 4.69) is 10.3 Å². The first-order valence-corrected chi connectivity index (χ1v) is 11.1. The summed E-state index contributed by atoms with van der Waals surface area (Å²) in [6.45, 7) is 0.556. The van der Waals surface area contributed by atoms with Crippen LogP contribution in [0, 0.1) is 0 Å². The minimum atomic E-state index is -4.54. The molecule has 1 saturated carbocycles. The fourth-order valence-corrected chi connectivity index (χ4v) is 4.57. The average molecular weight is 468 g/mol. The molecular weight excluding hydrogens is 443 g/mol. The standard InChI is InChI=1S/C23H25ClF3N3O2/c1-30(16-8-6-15(7-9-16)28-22(31)20-4-2-3-11-32-20)19-13-21(23(25,26)27)29-18-10-5-14(24)12-17(18)19/h4-5,10,12-13,15-16H,2-3,6-9,11H2,1H3,(H,28,31). The van der Waals surface area contributed by atoms with Crippen molar-refractivity contribution in [2.45, 2.75) is 56.8 Å². The maximum atomic E-state index is 13.4. The number of aromatic nitrogens is 1. The number of carbonyl (C=O) groups excluding carboxylic acids is 1. The van der Waals surface area contributed by atoms with E-state index in [1.54, 1.807) is 19.2 Å². The highest BCUT2D eigenvalue weighted by molar-refractivity contribution is 6.31. The molecule has 9 heteroatoms. The molecule has 0 spiro atoms. The predicted molar refractivity (Wildman–Crippen MR) is 118 cm³/mol. The number of pyridine rings is 1. The van der Waals surface area contributed by atoms with Crippen LogP contribution in [0.1, 0.15) is 44.2 Å². The van der Waals surface area contributed by atoms with Gasteiger partial charge >= 0.3 is 6.18 Å². The smallest absolute Gasteiger partial charge is 0.433 e. The van der Waals surface area contributed by atoms with Crippen LogP contribution < -0.4 is 10.2 Å². The second-order valence-corrected chi connectivity index (χ2v) is 8.77. The van der Waals surface area contributed by atoms with Crippen molar-refractivity contribution in [1.29, 1.82) is 0 Å². The molecule has 2 aliphatic rings. The number of hydrogen-bond acceptors (Lipinski definition) is 4. The summed E-state index contributed by atoms with van der Waals surface area (Å²) in [5, 5.41) is 4.06. The topological polar surface area (TPSA) is 54.5 Å². The van der Waals surface area contributed by atoms with Gasteiger partial charge in [-0.3, -0.25) is 4.79 Å². The maximum absolute atomic E-state index is 13.4. The van der Waals surface area contributed by atoms with Gasteiger partial charge in [-0.15, -0.1) is 0 Å². The van der Waals surface area contributed by atoms with Crippen molar-refractivity contribution in [1.82, 2.24) is 10.3 Å². The molecule has 1 N–H and O–H groups in total. The summed E-state index contributed by atoms with van der Waals surface area (Å²) in [6.07, 6.45) is 1.99. The second kappa shape index (κ2) is 9.17. The van der Waals surface area contributed by atoms with Gasteiger partial charge in [-0.2, -0.15) is 13.2 Å². The molecule has 1 aromatic heterocycles. The molecule has 0 bridgehead atoms. The van der Waals surface area contributed by atoms with Crippen LogP contribution in [0.5, 0.6) is 0 Å². The van der Waals surface area contributed by atoms with Gasteiger partial charge in [0, 0.05) is 35.2 Å². The summed E-state index contributed by atoms with van der Waals surface area (Å²) in [5.41, 5.74) is -0.207. The molecule has 1 fully saturated rings. The summed E-state index contributed by atoms with van der Waals surface area (Å²) in [4.78, 5) is 18.1. The molecule has 1 aliphatic heterocycles. The fraction of sp³-hybridized carbons (Fsp3) is 0.478. The third-order valence-corrected chi connectivity index (χ3v) is 6.39. The summed E-state index contributed by atoms with van der Waals surface area (Å²) >= 11 is 6.12. The van der Waals surface area contributed by atoms with Crippen LogP contribution in [0.2, 0.25) is 5.02 Å². The Morgan fingerprint density at radius 2 is 1.97 bits per heavy atom. The van der Waals surface area contributed by atoms with E-state index in [0.29, 0.717) is 28.5 Å². The third-order valence-electron chi connectivity index (χ3n) is 6.16. The number of halogens is 4. The Morgan fingerprint density at radius 3 is 2.62 bits per heavy atom. The molecule has 1 aliphatic carbocycles. The Morgan fingerprint density at radius 1 is 1.22 bits per heavy atom. The molecule has 5 nitrogen and oxygen atoms in total. The van der Waals surface area contributed by atoms with Crippen LogP contribution in [0.4, 0.5) is 18.9 Å². The number of anilines is 1. The number of ether oxygens (including phenoxy) is 1. The molecule has 4 rings (SSSR count). The molecular formula is C23H25ClF3N3O2. The molecule has 2 heterocycles. The van der Waals surface area contributed by atoms with E-state index in [1.807, 2.05) is 11.0 Å². The minimum absolute atomic E-state index is 0.0212. The Hall–Kier alpha value is -2.48. The first-order valence-electron chi connectivity index (χ1n) is 10.8. The lowest BCUT2D eigenvalue weighted by atomic mass is 9.89. The summed E-state index contributed by atoms with van der Waals surface area (Å²) in [5.74, 6) is 0.196. The molecule has 32 heavy (non-hydrogen) atoms. The number of hydrogen-bond donors (Lipinski definition) is 1. The SMILES string of the molecule is CN(c1cc(C(F)(F)F)nc2ccc(Cl)cc12)C1CCC(NC(=O)C2=CCCCO2)CC1. The van der Waals surface area contributed by atoms with E-state index in [-0.39, 0.29) is 23.5 Å². The summed E-state index contributed by atoms with van der Waals surface area (Å²) in [7, 11) is 1.81. The number of nitrogens with zero attached hydrogens (tertiary/aromatic N) is 2. The van der Waals surface area contributed by atoms with Crippen LogP contribution >= 0.6 is 11.6 Å². The van der Waals surface area contributed by atoms with Crippen LogP contribution in [-0.4, -0.2) is 36.6 Å². The number of carbonyl (C=O) groups is 1. The zero-order valence-electron chi connectivity index (χ0n) is 17.7. The molecule has 2 aromatic rings. The molecule has 1 amide bonds. The Balaban J connectivity index is 1.49. The highest BCUT2D eigenvalue weighted by atomic mass is 35.5. The number of rotatable bonds is 4. The monoisotopic (exact) mass is 467 g/mol. The molecule has 0 atom stereocenters. The molecule has 1 aromatic carbocycles. The normalized spacial score (nSPS) is 21.6. The zero-order valence-corrected chi connectivity index (χ0v) is 18.5. The Kier molecular flexibility index (Phi) is 6.51. The van der Waals surface area contributed by atoms with Gasteiger partial charge in [-0.25, -0.2) is 4.98 Å². The third kappa shape index (κ3) is 4.95. The van der Waals surface area contributed by atoms with Crippen molar-refractivity contribution in [2.24, 2.45) is 0 Å². The van der Waals surface area contributed by atoms with Gasteiger partial charge in [0.25, 0.3) is 5.91 Å². The molecule has 172 valence electrons. The lowest BCUT2D eigenvalue weighted by Crippen LogP contribution is -2.43. The first-order chi connectivity index (χ1) is 15.2. The number of amides is 1. The number of fused-ring (bicyclic) bond motifs is 1. The highest BCUT2D eigenvalue weighted by Gasteiger charge is 2.35. The molecule has 0 saturated heterocycles. The minimum Gasteiger partial charge on any atom is -0.488 e. The van der Waals surface area contributed by atoms with Gasteiger partial charge in [0.1, 0.15) is 5.69 Å². The highest BCUT2D eigenvalue weighted by Crippen LogP contribution is 2.37. The zero-order chi connectivity index (χ0) is 22.9. The van der Waals surface area contributed by atoms with E-state index in [4.69, 9.17) is 16.3 Å². The summed E-state index contributed by atoms with van der Waals surface area (Å²) in [6, 6.07) is 5.87. The number of alkyl halides is 3. The van der Waals surface area contributed by atoms with E-state index < -0.39 is 11.9 Å². The average Bonchev–Trinajstić information content (AvgIpc) is 2.78. The van der Waals surface area contributed by atoms with Crippen molar-refractivity contribution < 1.29 is 22.7 Å². The molecule has 0 unspecified atom stereocenters. The quantitative estimate of drug-likeness (QED) is 0.648.